The van der Waals surface area contributed by atoms with Gasteiger partial charge in [-0.3, -0.25) is 4.57 Å². The van der Waals surface area contributed by atoms with Gasteiger partial charge >= 0.3 is 0 Å². The molecule has 1 aromatic rings. The second kappa shape index (κ2) is 2.18. The van der Waals surface area contributed by atoms with E-state index in [-0.39, 0.29) is 5.03 Å². The van der Waals surface area contributed by atoms with Crippen molar-refractivity contribution in [3.05, 3.63) is 18.1 Å². The zero-order valence-electron chi connectivity index (χ0n) is 6.14. The minimum Gasteiger partial charge on any atom is -0.293 e. The lowest BCUT2D eigenvalue weighted by molar-refractivity contribution is 0.592. The Labute approximate surface area is 69.6 Å². The fourth-order valence-corrected chi connectivity index (χ4v) is 1.81. The van der Waals surface area contributed by atoms with Crippen molar-refractivity contribution in [2.24, 2.45) is 5.14 Å². The highest BCUT2D eigenvalue weighted by atomic mass is 32.2. The molecule has 0 fully saturated rings. The SMILES string of the molecule is NS(=O)(=O)c1cnc2n1C=CC2. The van der Waals surface area contributed by atoms with Crippen molar-refractivity contribution in [3.63, 3.8) is 0 Å². The van der Waals surface area contributed by atoms with Crippen molar-refractivity contribution in [1.82, 2.24) is 9.55 Å². The predicted octanol–water partition coefficient (Wildman–Crippen LogP) is -0.443. The van der Waals surface area contributed by atoms with Gasteiger partial charge in [0, 0.05) is 12.6 Å². The zero-order valence-corrected chi connectivity index (χ0v) is 6.95. The van der Waals surface area contributed by atoms with Gasteiger partial charge in [-0.25, -0.2) is 18.5 Å². The first kappa shape index (κ1) is 7.51. The third-order valence-corrected chi connectivity index (χ3v) is 2.57. The van der Waals surface area contributed by atoms with Crippen LogP contribution in [0.5, 0.6) is 0 Å². The van der Waals surface area contributed by atoms with Crippen LogP contribution in [-0.4, -0.2) is 18.0 Å². The molecule has 1 aliphatic rings. The Morgan fingerprint density at radius 2 is 2.33 bits per heavy atom. The lowest BCUT2D eigenvalue weighted by Crippen LogP contribution is -2.15. The number of rotatable bonds is 1. The Hall–Kier alpha value is -1.14. The van der Waals surface area contributed by atoms with E-state index in [0.717, 1.165) is 0 Å². The Balaban J connectivity index is 2.69. The number of imidazole rings is 1. The second-order valence-electron chi connectivity index (χ2n) is 2.52. The van der Waals surface area contributed by atoms with Crippen LogP contribution in [0, 0.1) is 0 Å². The van der Waals surface area contributed by atoms with Gasteiger partial charge < -0.3 is 0 Å². The number of fused-ring (bicyclic) bond motifs is 1. The van der Waals surface area contributed by atoms with Crippen LogP contribution in [0.2, 0.25) is 0 Å². The Kier molecular flexibility index (Phi) is 1.36. The quantitative estimate of drug-likeness (QED) is 0.644. The van der Waals surface area contributed by atoms with E-state index >= 15 is 0 Å². The van der Waals surface area contributed by atoms with E-state index in [1.54, 1.807) is 6.20 Å². The van der Waals surface area contributed by atoms with Crippen LogP contribution in [0.3, 0.4) is 0 Å². The van der Waals surface area contributed by atoms with Crippen molar-refractivity contribution in [3.8, 4) is 0 Å². The summed E-state index contributed by atoms with van der Waals surface area (Å²) < 4.78 is 23.4. The molecule has 0 radical (unpaired) electrons. The molecule has 1 aliphatic heterocycles. The molecule has 1 aromatic heterocycles. The fraction of sp³-hybridized carbons (Fsp3) is 0.167. The van der Waals surface area contributed by atoms with E-state index in [0.29, 0.717) is 12.2 Å². The van der Waals surface area contributed by atoms with Crippen LogP contribution in [-0.2, 0) is 16.4 Å². The molecule has 0 atom stereocenters. The molecule has 64 valence electrons. The van der Waals surface area contributed by atoms with Gasteiger partial charge in [0.1, 0.15) is 5.82 Å². The molecule has 2 rings (SSSR count). The molecule has 2 N–H and O–H groups in total. The molecule has 0 saturated carbocycles. The van der Waals surface area contributed by atoms with Crippen molar-refractivity contribution < 1.29 is 8.42 Å². The van der Waals surface area contributed by atoms with Crippen molar-refractivity contribution in [2.75, 3.05) is 0 Å². The van der Waals surface area contributed by atoms with Crippen LogP contribution in [0.1, 0.15) is 5.82 Å². The summed E-state index contributed by atoms with van der Waals surface area (Å²) in [4.78, 5) is 3.90. The first-order valence-electron chi connectivity index (χ1n) is 3.34. The number of nitrogens with zero attached hydrogens (tertiary/aromatic N) is 2. The molecule has 0 unspecified atom stereocenters. The maximum absolute atomic E-state index is 10.9. The Morgan fingerprint density at radius 1 is 1.58 bits per heavy atom. The summed E-state index contributed by atoms with van der Waals surface area (Å²) >= 11 is 0. The van der Waals surface area contributed by atoms with E-state index in [9.17, 15) is 8.42 Å². The average Bonchev–Trinajstić information content (AvgIpc) is 2.37. The third kappa shape index (κ3) is 0.961. The standard InChI is InChI=1S/C6H7N3O2S/c7-12(10,11)6-4-8-5-2-1-3-9(5)6/h1,3-4H,2H2,(H2,7,10,11). The van der Waals surface area contributed by atoms with Gasteiger partial charge in [0.15, 0.2) is 5.03 Å². The van der Waals surface area contributed by atoms with Crippen LogP contribution in [0.4, 0.5) is 0 Å². The molecule has 5 nitrogen and oxygen atoms in total. The highest BCUT2D eigenvalue weighted by molar-refractivity contribution is 7.89. The summed E-state index contributed by atoms with van der Waals surface area (Å²) in [6, 6.07) is 0. The highest BCUT2D eigenvalue weighted by Gasteiger charge is 2.18. The smallest absolute Gasteiger partial charge is 0.255 e. The average molecular weight is 185 g/mol. The first-order chi connectivity index (χ1) is 5.59. The maximum atomic E-state index is 10.9. The van der Waals surface area contributed by atoms with Crippen LogP contribution in [0.15, 0.2) is 17.3 Å². The van der Waals surface area contributed by atoms with E-state index in [1.807, 2.05) is 6.08 Å². The van der Waals surface area contributed by atoms with Crippen LogP contribution >= 0.6 is 0 Å². The number of allylic oxidation sites excluding steroid dienone is 1. The summed E-state index contributed by atoms with van der Waals surface area (Å²) in [6.07, 6.45) is 5.42. The largest absolute Gasteiger partial charge is 0.293 e. The topological polar surface area (TPSA) is 78.0 Å². The molecule has 12 heavy (non-hydrogen) atoms. The molecule has 0 aliphatic carbocycles. The van der Waals surface area contributed by atoms with Gasteiger partial charge in [0.05, 0.1) is 6.20 Å². The molecular weight excluding hydrogens is 178 g/mol. The molecule has 0 spiro atoms. The summed E-state index contributed by atoms with van der Waals surface area (Å²) in [5, 5.41) is 5.00. The van der Waals surface area contributed by atoms with Gasteiger partial charge in [0.2, 0.25) is 0 Å². The number of nitrogens with two attached hydrogens (primary N) is 1. The van der Waals surface area contributed by atoms with E-state index in [2.05, 4.69) is 4.98 Å². The summed E-state index contributed by atoms with van der Waals surface area (Å²) in [5.74, 6) is 0.707. The number of hydrogen-bond acceptors (Lipinski definition) is 3. The molecular formula is C6H7N3O2S. The minimum absolute atomic E-state index is 0.0475. The molecule has 6 heteroatoms. The number of primary sulfonamides is 1. The summed E-state index contributed by atoms with van der Waals surface area (Å²) in [5.41, 5.74) is 0. The molecule has 0 saturated heterocycles. The highest BCUT2D eigenvalue weighted by Crippen LogP contribution is 2.16. The van der Waals surface area contributed by atoms with Gasteiger partial charge in [-0.05, 0) is 0 Å². The molecule has 0 amide bonds. The lowest BCUT2D eigenvalue weighted by atomic mass is 10.4. The van der Waals surface area contributed by atoms with E-state index < -0.39 is 10.0 Å². The van der Waals surface area contributed by atoms with E-state index in [1.165, 1.54) is 10.8 Å². The van der Waals surface area contributed by atoms with Crippen molar-refractivity contribution >= 4 is 16.2 Å². The zero-order chi connectivity index (χ0) is 8.77. The number of hydrogen-bond donors (Lipinski definition) is 1. The van der Waals surface area contributed by atoms with Gasteiger partial charge in [0.25, 0.3) is 10.0 Å². The van der Waals surface area contributed by atoms with Gasteiger partial charge in [-0.1, -0.05) is 6.08 Å². The maximum Gasteiger partial charge on any atom is 0.255 e. The van der Waals surface area contributed by atoms with Crippen molar-refractivity contribution in [2.45, 2.75) is 11.4 Å². The Bertz CT molecular complexity index is 443. The van der Waals surface area contributed by atoms with Crippen molar-refractivity contribution in [1.29, 1.82) is 0 Å². The normalized spacial score (nSPS) is 15.1. The number of sulfonamides is 1. The molecule has 2 heterocycles. The summed E-state index contributed by atoms with van der Waals surface area (Å²) in [6.45, 7) is 0. The molecule has 0 aromatic carbocycles. The Morgan fingerprint density at radius 3 is 3.00 bits per heavy atom. The fourth-order valence-electron chi connectivity index (χ4n) is 1.17. The van der Waals surface area contributed by atoms with Crippen LogP contribution in [0.25, 0.3) is 6.20 Å². The third-order valence-electron chi connectivity index (χ3n) is 1.69. The van der Waals surface area contributed by atoms with Crippen LogP contribution < -0.4 is 5.14 Å². The van der Waals surface area contributed by atoms with Gasteiger partial charge in [-0.2, -0.15) is 0 Å². The monoisotopic (exact) mass is 185 g/mol. The minimum atomic E-state index is -3.64. The lowest BCUT2D eigenvalue weighted by Gasteiger charge is -1.97. The first-order valence-corrected chi connectivity index (χ1v) is 4.89. The predicted molar refractivity (Wildman–Crippen MR) is 42.6 cm³/mol. The molecule has 0 bridgehead atoms. The van der Waals surface area contributed by atoms with Gasteiger partial charge in [-0.15, -0.1) is 0 Å². The second-order valence-corrected chi connectivity index (χ2v) is 4.02. The number of aromatic nitrogens is 2. The summed E-state index contributed by atoms with van der Waals surface area (Å²) in [7, 11) is -3.64. The van der Waals surface area contributed by atoms with E-state index in [4.69, 9.17) is 5.14 Å².